The second-order valence-electron chi connectivity index (χ2n) is 7.30. The van der Waals surface area contributed by atoms with Crippen molar-refractivity contribution >= 4 is 5.91 Å². The van der Waals surface area contributed by atoms with Crippen molar-refractivity contribution < 1.29 is 18.0 Å². The first kappa shape index (κ1) is 20.1. The zero-order valence-corrected chi connectivity index (χ0v) is 16.1. The maximum absolute atomic E-state index is 12.9. The predicted molar refractivity (Wildman–Crippen MR) is 106 cm³/mol. The van der Waals surface area contributed by atoms with Crippen LogP contribution in [-0.2, 0) is 12.6 Å². The van der Waals surface area contributed by atoms with Crippen molar-refractivity contribution in [1.82, 2.24) is 14.9 Å². The molecule has 1 atom stereocenters. The number of pyridine rings is 2. The van der Waals surface area contributed by atoms with Crippen LogP contribution in [0.4, 0.5) is 13.2 Å². The van der Waals surface area contributed by atoms with E-state index in [9.17, 15) is 18.0 Å². The molecule has 0 saturated carbocycles. The average molecular weight is 411 g/mol. The van der Waals surface area contributed by atoms with Gasteiger partial charge in [-0.3, -0.25) is 14.8 Å². The normalized spacial score (nSPS) is 16.6. The number of halogens is 3. The zero-order valence-electron chi connectivity index (χ0n) is 16.1. The highest BCUT2D eigenvalue weighted by Gasteiger charge is 2.32. The molecule has 0 aliphatic carbocycles. The predicted octanol–water partition coefficient (Wildman–Crippen LogP) is 5.06. The third-order valence-corrected chi connectivity index (χ3v) is 5.23. The van der Waals surface area contributed by atoms with Crippen LogP contribution in [0.5, 0.6) is 0 Å². The molecule has 7 heteroatoms. The van der Waals surface area contributed by atoms with Gasteiger partial charge in [0.15, 0.2) is 0 Å². The van der Waals surface area contributed by atoms with E-state index in [2.05, 4.69) is 4.98 Å². The summed E-state index contributed by atoms with van der Waals surface area (Å²) < 4.78 is 38.2. The van der Waals surface area contributed by atoms with E-state index in [-0.39, 0.29) is 11.9 Å². The van der Waals surface area contributed by atoms with Gasteiger partial charge < -0.3 is 4.90 Å². The van der Waals surface area contributed by atoms with Crippen LogP contribution in [0.3, 0.4) is 0 Å². The van der Waals surface area contributed by atoms with Crippen molar-refractivity contribution in [1.29, 1.82) is 0 Å². The van der Waals surface area contributed by atoms with Gasteiger partial charge in [0.2, 0.25) is 0 Å². The number of carbonyl (C=O) groups excluding carboxylic acids is 1. The monoisotopic (exact) mass is 411 g/mol. The maximum Gasteiger partial charge on any atom is 0.416 e. The highest BCUT2D eigenvalue weighted by atomic mass is 19.4. The summed E-state index contributed by atoms with van der Waals surface area (Å²) in [7, 11) is 0. The van der Waals surface area contributed by atoms with E-state index < -0.39 is 11.7 Å². The smallest absolute Gasteiger partial charge is 0.329 e. The quantitative estimate of drug-likeness (QED) is 0.603. The summed E-state index contributed by atoms with van der Waals surface area (Å²) in [5.74, 6) is -0.118. The highest BCUT2D eigenvalue weighted by Crippen LogP contribution is 2.32. The summed E-state index contributed by atoms with van der Waals surface area (Å²) in [6.45, 7) is 0.644. The molecule has 0 N–H and O–H groups in total. The molecule has 0 bridgehead atoms. The van der Waals surface area contributed by atoms with Crippen LogP contribution < -0.4 is 0 Å². The molecule has 30 heavy (non-hydrogen) atoms. The van der Waals surface area contributed by atoms with Gasteiger partial charge in [-0.1, -0.05) is 24.3 Å². The molecule has 1 aromatic carbocycles. The van der Waals surface area contributed by atoms with E-state index in [1.807, 2.05) is 18.2 Å². The number of hydrogen-bond acceptors (Lipinski definition) is 3. The molecule has 1 aliphatic heterocycles. The maximum atomic E-state index is 12.9. The van der Waals surface area contributed by atoms with E-state index in [1.165, 1.54) is 12.1 Å². The van der Waals surface area contributed by atoms with Gasteiger partial charge in [-0.25, -0.2) is 0 Å². The van der Waals surface area contributed by atoms with Gasteiger partial charge in [0, 0.05) is 24.9 Å². The fourth-order valence-electron chi connectivity index (χ4n) is 3.76. The van der Waals surface area contributed by atoms with Crippen LogP contribution in [0.25, 0.3) is 0 Å². The van der Waals surface area contributed by atoms with Crippen molar-refractivity contribution in [2.24, 2.45) is 0 Å². The number of aromatic nitrogens is 2. The van der Waals surface area contributed by atoms with E-state index >= 15 is 0 Å². The largest absolute Gasteiger partial charge is 0.416 e. The number of alkyl halides is 3. The summed E-state index contributed by atoms with van der Waals surface area (Å²) in [5.41, 5.74) is 2.04. The first-order valence-electron chi connectivity index (χ1n) is 9.76. The Morgan fingerprint density at radius 3 is 2.53 bits per heavy atom. The van der Waals surface area contributed by atoms with E-state index in [0.29, 0.717) is 18.7 Å². The SMILES string of the molecule is O=C(c1ccccn1)N1CCCC1c1cccc(Cc2ccc(C(F)(F)F)cc2)n1. The molecular weight excluding hydrogens is 391 g/mol. The minimum atomic E-state index is -4.34. The van der Waals surface area contributed by atoms with Crippen molar-refractivity contribution in [2.75, 3.05) is 6.54 Å². The molecule has 3 heterocycles. The molecule has 3 aromatic rings. The summed E-state index contributed by atoms with van der Waals surface area (Å²) in [6, 6.07) is 15.9. The molecule has 1 fully saturated rings. The first-order valence-corrected chi connectivity index (χ1v) is 9.76. The highest BCUT2D eigenvalue weighted by molar-refractivity contribution is 5.92. The van der Waals surface area contributed by atoms with Crippen LogP contribution in [0.2, 0.25) is 0 Å². The van der Waals surface area contributed by atoms with Gasteiger partial charge in [-0.15, -0.1) is 0 Å². The Morgan fingerprint density at radius 1 is 1.03 bits per heavy atom. The molecule has 2 aromatic heterocycles. The Balaban J connectivity index is 1.52. The number of benzene rings is 1. The third-order valence-electron chi connectivity index (χ3n) is 5.23. The summed E-state index contributed by atoms with van der Waals surface area (Å²) >= 11 is 0. The first-order chi connectivity index (χ1) is 14.4. The number of hydrogen-bond donors (Lipinski definition) is 0. The number of nitrogens with zero attached hydrogens (tertiary/aromatic N) is 3. The average Bonchev–Trinajstić information content (AvgIpc) is 3.24. The van der Waals surface area contributed by atoms with Crippen LogP contribution in [0.1, 0.15) is 51.9 Å². The van der Waals surface area contributed by atoms with E-state index in [0.717, 1.165) is 41.9 Å². The zero-order chi connectivity index (χ0) is 21.1. The Labute approximate surface area is 172 Å². The van der Waals surface area contributed by atoms with E-state index in [1.54, 1.807) is 29.3 Å². The Bertz CT molecular complexity index is 1020. The Morgan fingerprint density at radius 2 is 1.83 bits per heavy atom. The van der Waals surface area contributed by atoms with Crippen LogP contribution in [0, 0.1) is 0 Å². The van der Waals surface area contributed by atoms with Gasteiger partial charge in [0.05, 0.1) is 17.3 Å². The molecule has 1 unspecified atom stereocenters. The molecule has 1 saturated heterocycles. The Hall–Kier alpha value is -3.22. The number of likely N-dealkylation sites (tertiary alicyclic amines) is 1. The fraction of sp³-hybridized carbons (Fsp3) is 0.261. The van der Waals surface area contributed by atoms with Crippen LogP contribution >= 0.6 is 0 Å². The Kier molecular flexibility index (Phi) is 5.53. The molecule has 1 amide bonds. The van der Waals surface area contributed by atoms with Gasteiger partial charge in [-0.2, -0.15) is 13.2 Å². The topological polar surface area (TPSA) is 46.1 Å². The van der Waals surface area contributed by atoms with Crippen LogP contribution in [0.15, 0.2) is 66.9 Å². The molecule has 154 valence electrons. The third kappa shape index (κ3) is 4.35. The van der Waals surface area contributed by atoms with Crippen molar-refractivity contribution in [2.45, 2.75) is 31.5 Å². The van der Waals surface area contributed by atoms with Crippen molar-refractivity contribution in [3.05, 3.63) is 95.1 Å². The number of rotatable bonds is 4. The lowest BCUT2D eigenvalue weighted by Crippen LogP contribution is -2.31. The molecule has 0 spiro atoms. The lowest BCUT2D eigenvalue weighted by molar-refractivity contribution is -0.137. The second kappa shape index (κ2) is 8.26. The van der Waals surface area contributed by atoms with Gasteiger partial charge in [0.25, 0.3) is 5.91 Å². The van der Waals surface area contributed by atoms with E-state index in [4.69, 9.17) is 4.98 Å². The summed E-state index contributed by atoms with van der Waals surface area (Å²) in [4.78, 5) is 23.5. The minimum absolute atomic E-state index is 0.118. The van der Waals surface area contributed by atoms with Crippen molar-refractivity contribution in [3.8, 4) is 0 Å². The number of amides is 1. The van der Waals surface area contributed by atoms with Crippen LogP contribution in [-0.4, -0.2) is 27.3 Å². The van der Waals surface area contributed by atoms with Gasteiger partial charge >= 0.3 is 6.18 Å². The van der Waals surface area contributed by atoms with Gasteiger partial charge in [-0.05, 0) is 54.8 Å². The number of carbonyl (C=O) groups is 1. The molecule has 1 aliphatic rings. The standard InChI is InChI=1S/C23H20F3N3O/c24-23(25,26)17-11-9-16(10-12-17)15-18-5-3-7-19(28-18)21-8-4-14-29(21)22(30)20-6-1-2-13-27-20/h1-3,5-7,9-13,21H,4,8,14-15H2. The fourth-order valence-corrected chi connectivity index (χ4v) is 3.76. The minimum Gasteiger partial charge on any atom is -0.329 e. The second-order valence-corrected chi connectivity index (χ2v) is 7.30. The van der Waals surface area contributed by atoms with Gasteiger partial charge in [0.1, 0.15) is 5.69 Å². The van der Waals surface area contributed by atoms with Crippen molar-refractivity contribution in [3.63, 3.8) is 0 Å². The molecule has 4 nitrogen and oxygen atoms in total. The lowest BCUT2D eigenvalue weighted by atomic mass is 10.1. The molecule has 4 rings (SSSR count). The summed E-state index contributed by atoms with van der Waals surface area (Å²) in [5, 5.41) is 0. The molecular formula is C23H20F3N3O. The lowest BCUT2D eigenvalue weighted by Gasteiger charge is -2.24. The summed E-state index contributed by atoms with van der Waals surface area (Å²) in [6.07, 6.45) is -0.625. The molecule has 0 radical (unpaired) electrons.